The molecule has 1 heterocycles. The molecular formula is C15H19FN4O. The SMILES string of the molecule is O=C(CNCCn1cccn1)NCCc1ccc(F)cc1. The van der Waals surface area contributed by atoms with Crippen molar-refractivity contribution in [3.05, 3.63) is 54.1 Å². The van der Waals surface area contributed by atoms with E-state index in [9.17, 15) is 9.18 Å². The minimum absolute atomic E-state index is 0.0439. The van der Waals surface area contributed by atoms with Crippen LogP contribution in [0.25, 0.3) is 0 Å². The Kier molecular flexibility index (Phi) is 5.90. The minimum Gasteiger partial charge on any atom is -0.355 e. The first-order valence-corrected chi connectivity index (χ1v) is 6.93. The van der Waals surface area contributed by atoms with Crippen molar-refractivity contribution in [2.45, 2.75) is 13.0 Å². The molecule has 0 aliphatic rings. The number of rotatable bonds is 8. The van der Waals surface area contributed by atoms with Crippen LogP contribution in [0.2, 0.25) is 0 Å². The van der Waals surface area contributed by atoms with Crippen molar-refractivity contribution in [1.82, 2.24) is 20.4 Å². The quantitative estimate of drug-likeness (QED) is 0.712. The first-order valence-electron chi connectivity index (χ1n) is 6.93. The van der Waals surface area contributed by atoms with E-state index in [-0.39, 0.29) is 18.3 Å². The standard InChI is InChI=1S/C15H19FN4O/c16-14-4-2-13(3-5-14)6-8-18-15(21)12-17-9-11-20-10-1-7-19-20/h1-5,7,10,17H,6,8-9,11-12H2,(H,18,21). The van der Waals surface area contributed by atoms with Gasteiger partial charge in [0.1, 0.15) is 5.82 Å². The Morgan fingerprint density at radius 1 is 1.24 bits per heavy atom. The van der Waals surface area contributed by atoms with Gasteiger partial charge in [-0.2, -0.15) is 5.10 Å². The van der Waals surface area contributed by atoms with Gasteiger partial charge in [0.25, 0.3) is 0 Å². The summed E-state index contributed by atoms with van der Waals surface area (Å²) in [6.45, 7) is 2.25. The number of hydrogen-bond donors (Lipinski definition) is 2. The smallest absolute Gasteiger partial charge is 0.233 e. The van der Waals surface area contributed by atoms with Crippen LogP contribution in [0.3, 0.4) is 0 Å². The molecule has 2 aromatic rings. The average molecular weight is 290 g/mol. The molecule has 6 heteroatoms. The molecule has 1 aromatic heterocycles. The number of nitrogens with zero attached hydrogens (tertiary/aromatic N) is 2. The fraction of sp³-hybridized carbons (Fsp3) is 0.333. The summed E-state index contributed by atoms with van der Waals surface area (Å²) in [6.07, 6.45) is 4.30. The maximum absolute atomic E-state index is 12.7. The molecule has 0 atom stereocenters. The number of halogens is 1. The van der Waals surface area contributed by atoms with Crippen molar-refractivity contribution >= 4 is 5.91 Å². The van der Waals surface area contributed by atoms with Crippen LogP contribution in [0.5, 0.6) is 0 Å². The molecule has 2 rings (SSSR count). The number of benzene rings is 1. The predicted octanol–water partition coefficient (Wildman–Crippen LogP) is 0.971. The van der Waals surface area contributed by atoms with Crippen molar-refractivity contribution in [3.8, 4) is 0 Å². The molecule has 0 fully saturated rings. The fourth-order valence-electron chi connectivity index (χ4n) is 1.89. The van der Waals surface area contributed by atoms with Crippen LogP contribution in [-0.4, -0.2) is 35.3 Å². The van der Waals surface area contributed by atoms with Gasteiger partial charge < -0.3 is 10.6 Å². The Bertz CT molecular complexity index is 539. The maximum Gasteiger partial charge on any atom is 0.233 e. The summed E-state index contributed by atoms with van der Waals surface area (Å²) < 4.78 is 14.5. The third-order valence-electron chi connectivity index (χ3n) is 3.01. The van der Waals surface area contributed by atoms with Crippen molar-refractivity contribution in [2.24, 2.45) is 0 Å². The molecule has 2 N–H and O–H groups in total. The van der Waals surface area contributed by atoms with Gasteiger partial charge in [0.15, 0.2) is 0 Å². The van der Waals surface area contributed by atoms with Crippen LogP contribution in [0.15, 0.2) is 42.7 Å². The number of hydrogen-bond acceptors (Lipinski definition) is 3. The van der Waals surface area contributed by atoms with E-state index in [1.807, 2.05) is 12.3 Å². The highest BCUT2D eigenvalue weighted by molar-refractivity contribution is 5.77. The van der Waals surface area contributed by atoms with Crippen LogP contribution >= 0.6 is 0 Å². The molecule has 0 spiro atoms. The fourth-order valence-corrected chi connectivity index (χ4v) is 1.89. The van der Waals surface area contributed by atoms with Gasteiger partial charge in [-0.1, -0.05) is 12.1 Å². The molecule has 1 aromatic carbocycles. The van der Waals surface area contributed by atoms with Crippen molar-refractivity contribution in [3.63, 3.8) is 0 Å². The number of aromatic nitrogens is 2. The van der Waals surface area contributed by atoms with Gasteiger partial charge in [0.05, 0.1) is 13.1 Å². The van der Waals surface area contributed by atoms with Gasteiger partial charge in [-0.05, 0) is 30.2 Å². The topological polar surface area (TPSA) is 59.0 Å². The molecular weight excluding hydrogens is 271 g/mol. The molecule has 112 valence electrons. The summed E-state index contributed by atoms with van der Waals surface area (Å²) in [5.74, 6) is -0.290. The highest BCUT2D eigenvalue weighted by Gasteiger charge is 2.00. The third-order valence-corrected chi connectivity index (χ3v) is 3.01. The number of carbonyl (C=O) groups is 1. The molecule has 0 saturated carbocycles. The molecule has 0 radical (unpaired) electrons. The predicted molar refractivity (Wildman–Crippen MR) is 78.2 cm³/mol. The van der Waals surface area contributed by atoms with E-state index in [0.717, 1.165) is 12.1 Å². The maximum atomic E-state index is 12.7. The number of amides is 1. The van der Waals surface area contributed by atoms with E-state index >= 15 is 0 Å². The zero-order valence-electron chi connectivity index (χ0n) is 11.8. The molecule has 0 bridgehead atoms. The molecule has 0 saturated heterocycles. The van der Waals surface area contributed by atoms with Crippen molar-refractivity contribution < 1.29 is 9.18 Å². The second-order valence-corrected chi connectivity index (χ2v) is 4.67. The van der Waals surface area contributed by atoms with Crippen molar-refractivity contribution in [2.75, 3.05) is 19.6 Å². The van der Waals surface area contributed by atoms with Gasteiger partial charge in [-0.3, -0.25) is 9.48 Å². The molecule has 0 aliphatic carbocycles. The summed E-state index contributed by atoms with van der Waals surface area (Å²) in [5.41, 5.74) is 1.00. The van der Waals surface area contributed by atoms with Gasteiger partial charge in [-0.15, -0.1) is 0 Å². The van der Waals surface area contributed by atoms with Crippen LogP contribution < -0.4 is 10.6 Å². The second-order valence-electron chi connectivity index (χ2n) is 4.67. The zero-order chi connectivity index (χ0) is 14.9. The van der Waals surface area contributed by atoms with Gasteiger partial charge in [-0.25, -0.2) is 4.39 Å². The van der Waals surface area contributed by atoms with E-state index in [2.05, 4.69) is 15.7 Å². The number of nitrogens with one attached hydrogen (secondary N) is 2. The van der Waals surface area contributed by atoms with Crippen LogP contribution in [0, 0.1) is 5.82 Å². The summed E-state index contributed by atoms with van der Waals surface area (Å²) >= 11 is 0. The Labute approximate surface area is 123 Å². The molecule has 21 heavy (non-hydrogen) atoms. The average Bonchev–Trinajstić information content (AvgIpc) is 2.99. The highest BCUT2D eigenvalue weighted by atomic mass is 19.1. The lowest BCUT2D eigenvalue weighted by atomic mass is 10.1. The monoisotopic (exact) mass is 290 g/mol. The Balaban J connectivity index is 1.54. The van der Waals surface area contributed by atoms with E-state index in [4.69, 9.17) is 0 Å². The normalized spacial score (nSPS) is 10.5. The van der Waals surface area contributed by atoms with Gasteiger partial charge in [0.2, 0.25) is 5.91 Å². The largest absolute Gasteiger partial charge is 0.355 e. The van der Waals surface area contributed by atoms with Crippen molar-refractivity contribution in [1.29, 1.82) is 0 Å². The Morgan fingerprint density at radius 3 is 2.76 bits per heavy atom. The number of carbonyl (C=O) groups excluding carboxylic acids is 1. The Morgan fingerprint density at radius 2 is 2.05 bits per heavy atom. The first-order chi connectivity index (χ1) is 10.2. The van der Waals surface area contributed by atoms with Gasteiger partial charge in [0, 0.05) is 25.5 Å². The lowest BCUT2D eigenvalue weighted by Crippen LogP contribution is -2.36. The molecule has 1 amide bonds. The third kappa shape index (κ3) is 5.74. The van der Waals surface area contributed by atoms with E-state index in [1.165, 1.54) is 12.1 Å². The van der Waals surface area contributed by atoms with Crippen LogP contribution in [0.4, 0.5) is 4.39 Å². The summed E-state index contributed by atoms with van der Waals surface area (Å²) in [4.78, 5) is 11.6. The van der Waals surface area contributed by atoms with E-state index < -0.39 is 0 Å². The lowest BCUT2D eigenvalue weighted by molar-refractivity contribution is -0.120. The van der Waals surface area contributed by atoms with E-state index in [1.54, 1.807) is 23.0 Å². The lowest BCUT2D eigenvalue weighted by Gasteiger charge is -2.07. The Hall–Kier alpha value is -2.21. The molecule has 0 aliphatic heterocycles. The summed E-state index contributed by atoms with van der Waals surface area (Å²) in [6, 6.07) is 8.16. The zero-order valence-corrected chi connectivity index (χ0v) is 11.8. The summed E-state index contributed by atoms with van der Waals surface area (Å²) in [7, 11) is 0. The van der Waals surface area contributed by atoms with Gasteiger partial charge >= 0.3 is 0 Å². The molecule has 0 unspecified atom stereocenters. The summed E-state index contributed by atoms with van der Waals surface area (Å²) in [5, 5.41) is 9.95. The first kappa shape index (κ1) is 15.2. The van der Waals surface area contributed by atoms with E-state index in [0.29, 0.717) is 19.5 Å². The second kappa shape index (κ2) is 8.16. The minimum atomic E-state index is -0.246. The van der Waals surface area contributed by atoms with Crippen LogP contribution in [-0.2, 0) is 17.8 Å². The molecule has 5 nitrogen and oxygen atoms in total. The van der Waals surface area contributed by atoms with Crippen LogP contribution in [0.1, 0.15) is 5.56 Å². The highest BCUT2D eigenvalue weighted by Crippen LogP contribution is 2.02.